The van der Waals surface area contributed by atoms with E-state index in [0.29, 0.717) is 24.3 Å². The summed E-state index contributed by atoms with van der Waals surface area (Å²) in [5.74, 6) is -0.524. The lowest BCUT2D eigenvalue weighted by molar-refractivity contribution is 0.0948. The van der Waals surface area contributed by atoms with Crippen LogP contribution in [-0.2, 0) is 17.6 Å². The third-order valence-electron chi connectivity index (χ3n) is 4.31. The number of carbonyl (C=O) groups excluding carboxylic acids is 2. The molecule has 0 saturated carbocycles. The van der Waals surface area contributed by atoms with E-state index in [4.69, 9.17) is 4.74 Å². The molecule has 6 heteroatoms. The molecule has 1 aromatic heterocycles. The quantitative estimate of drug-likeness (QED) is 0.665. The lowest BCUT2D eigenvalue weighted by Gasteiger charge is -2.14. The maximum absolute atomic E-state index is 12.7. The van der Waals surface area contributed by atoms with Gasteiger partial charge in [-0.05, 0) is 36.5 Å². The highest BCUT2D eigenvalue weighted by Crippen LogP contribution is 2.23. The minimum Gasteiger partial charge on any atom is -0.385 e. The summed E-state index contributed by atoms with van der Waals surface area (Å²) in [6, 6.07) is 7.59. The van der Waals surface area contributed by atoms with Gasteiger partial charge in [-0.15, -0.1) is 0 Å². The Bertz CT molecular complexity index is 768. The molecule has 0 aliphatic rings. The smallest absolute Gasteiger partial charge is 0.257 e. The van der Waals surface area contributed by atoms with Gasteiger partial charge in [-0.2, -0.15) is 0 Å². The number of aryl methyl sites for hydroxylation is 2. The van der Waals surface area contributed by atoms with Crippen molar-refractivity contribution in [2.75, 3.05) is 25.6 Å². The molecule has 0 spiro atoms. The summed E-state index contributed by atoms with van der Waals surface area (Å²) in [6.07, 6.45) is 5.30. The maximum Gasteiger partial charge on any atom is 0.257 e. The maximum atomic E-state index is 12.7. The summed E-state index contributed by atoms with van der Waals surface area (Å²) in [6.45, 7) is 5.20. The van der Waals surface area contributed by atoms with Gasteiger partial charge in [-0.25, -0.2) is 0 Å². The van der Waals surface area contributed by atoms with Crippen LogP contribution in [0.25, 0.3) is 0 Å². The number of carbonyl (C=O) groups is 2. The van der Waals surface area contributed by atoms with Crippen LogP contribution in [0.5, 0.6) is 0 Å². The summed E-state index contributed by atoms with van der Waals surface area (Å²) in [5, 5.41) is 5.79. The summed E-state index contributed by atoms with van der Waals surface area (Å²) in [4.78, 5) is 29.0. The van der Waals surface area contributed by atoms with E-state index in [1.807, 2.05) is 18.2 Å². The SMILES string of the molecule is CCc1cccc(CC)c1NC(=O)c1cncc(C(=O)NCCCOC)c1. The van der Waals surface area contributed by atoms with Crippen LogP contribution in [0.1, 0.15) is 52.1 Å². The monoisotopic (exact) mass is 369 g/mol. The number of ether oxygens (including phenoxy) is 1. The molecule has 1 heterocycles. The molecule has 27 heavy (non-hydrogen) atoms. The highest BCUT2D eigenvalue weighted by molar-refractivity contribution is 6.06. The van der Waals surface area contributed by atoms with Crippen LogP contribution < -0.4 is 10.6 Å². The van der Waals surface area contributed by atoms with Gasteiger partial charge in [0, 0.05) is 38.3 Å². The van der Waals surface area contributed by atoms with Gasteiger partial charge in [-0.3, -0.25) is 14.6 Å². The zero-order chi connectivity index (χ0) is 19.6. The Labute approximate surface area is 160 Å². The van der Waals surface area contributed by atoms with Crippen LogP contribution in [0, 0.1) is 0 Å². The first-order valence-corrected chi connectivity index (χ1v) is 9.25. The van der Waals surface area contributed by atoms with E-state index in [2.05, 4.69) is 29.5 Å². The molecule has 0 atom stereocenters. The molecule has 0 bridgehead atoms. The van der Waals surface area contributed by atoms with E-state index < -0.39 is 0 Å². The number of methoxy groups -OCH3 is 1. The molecule has 2 aromatic rings. The van der Waals surface area contributed by atoms with Crippen LogP contribution in [0.3, 0.4) is 0 Å². The zero-order valence-electron chi connectivity index (χ0n) is 16.2. The number of anilines is 1. The third-order valence-corrected chi connectivity index (χ3v) is 4.31. The molecule has 0 radical (unpaired) electrons. The normalized spacial score (nSPS) is 10.5. The van der Waals surface area contributed by atoms with Crippen LogP contribution in [0.4, 0.5) is 5.69 Å². The fourth-order valence-corrected chi connectivity index (χ4v) is 2.80. The number of nitrogens with one attached hydrogen (secondary N) is 2. The Morgan fingerprint density at radius 3 is 2.26 bits per heavy atom. The predicted molar refractivity (Wildman–Crippen MR) is 106 cm³/mol. The predicted octanol–water partition coefficient (Wildman–Crippen LogP) is 3.23. The summed E-state index contributed by atoms with van der Waals surface area (Å²) in [5.41, 5.74) is 3.74. The van der Waals surface area contributed by atoms with E-state index in [1.165, 1.54) is 12.4 Å². The van der Waals surface area contributed by atoms with E-state index in [-0.39, 0.29) is 11.8 Å². The van der Waals surface area contributed by atoms with Crippen molar-refractivity contribution in [1.82, 2.24) is 10.3 Å². The second kappa shape index (κ2) is 10.4. The fraction of sp³-hybridized carbons (Fsp3) is 0.381. The molecule has 2 rings (SSSR count). The van der Waals surface area contributed by atoms with Gasteiger partial charge in [0.05, 0.1) is 11.1 Å². The molecule has 144 valence electrons. The van der Waals surface area contributed by atoms with E-state index >= 15 is 0 Å². The molecule has 1 aromatic carbocycles. The molecule has 0 aliphatic carbocycles. The van der Waals surface area contributed by atoms with Gasteiger partial charge >= 0.3 is 0 Å². The molecular weight excluding hydrogens is 342 g/mol. The van der Waals surface area contributed by atoms with E-state index in [9.17, 15) is 9.59 Å². The minimum absolute atomic E-state index is 0.253. The number of aromatic nitrogens is 1. The highest BCUT2D eigenvalue weighted by atomic mass is 16.5. The molecule has 6 nitrogen and oxygen atoms in total. The van der Waals surface area contributed by atoms with Crippen molar-refractivity contribution in [3.8, 4) is 0 Å². The van der Waals surface area contributed by atoms with Crippen LogP contribution in [0.2, 0.25) is 0 Å². The Balaban J connectivity index is 2.13. The third kappa shape index (κ3) is 5.62. The zero-order valence-corrected chi connectivity index (χ0v) is 16.2. The Morgan fingerprint density at radius 2 is 1.67 bits per heavy atom. The van der Waals surface area contributed by atoms with Crippen molar-refractivity contribution < 1.29 is 14.3 Å². The van der Waals surface area contributed by atoms with Crippen LogP contribution in [0.15, 0.2) is 36.7 Å². The molecule has 0 aliphatic heterocycles. The average molecular weight is 369 g/mol. The van der Waals surface area contributed by atoms with Crippen LogP contribution in [-0.4, -0.2) is 37.1 Å². The summed E-state index contributed by atoms with van der Waals surface area (Å²) < 4.78 is 4.96. The summed E-state index contributed by atoms with van der Waals surface area (Å²) in [7, 11) is 1.62. The lowest BCUT2D eigenvalue weighted by atomic mass is 10.0. The molecule has 0 saturated heterocycles. The average Bonchev–Trinajstić information content (AvgIpc) is 2.71. The van der Waals surface area contributed by atoms with Gasteiger partial charge < -0.3 is 15.4 Å². The number of rotatable bonds is 9. The molecular formula is C21H27N3O3. The second-order valence-corrected chi connectivity index (χ2v) is 6.18. The van der Waals surface area contributed by atoms with Crippen molar-refractivity contribution in [3.05, 3.63) is 58.9 Å². The Hall–Kier alpha value is -2.73. The molecule has 0 fully saturated rings. The molecule has 0 unspecified atom stereocenters. The van der Waals surface area contributed by atoms with E-state index in [0.717, 1.165) is 36.1 Å². The van der Waals surface area contributed by atoms with Gasteiger partial charge in [0.2, 0.25) is 0 Å². The van der Waals surface area contributed by atoms with Crippen molar-refractivity contribution in [2.45, 2.75) is 33.1 Å². The largest absolute Gasteiger partial charge is 0.385 e. The van der Waals surface area contributed by atoms with Crippen molar-refractivity contribution >= 4 is 17.5 Å². The molecule has 2 N–H and O–H groups in total. The number of pyridine rings is 1. The standard InChI is InChI=1S/C21H27N3O3/c1-4-15-8-6-9-16(5-2)19(15)24-21(26)18-12-17(13-22-14-18)20(25)23-10-7-11-27-3/h6,8-9,12-14H,4-5,7,10-11H2,1-3H3,(H,23,25)(H,24,26). The fourth-order valence-electron chi connectivity index (χ4n) is 2.80. The van der Waals surface area contributed by atoms with E-state index in [1.54, 1.807) is 13.2 Å². The second-order valence-electron chi connectivity index (χ2n) is 6.18. The Morgan fingerprint density at radius 1 is 1.04 bits per heavy atom. The van der Waals surface area contributed by atoms with Crippen molar-refractivity contribution in [3.63, 3.8) is 0 Å². The number of nitrogens with zero attached hydrogens (tertiary/aromatic N) is 1. The van der Waals surface area contributed by atoms with Crippen LogP contribution >= 0.6 is 0 Å². The van der Waals surface area contributed by atoms with Gasteiger partial charge in [0.1, 0.15) is 0 Å². The first kappa shape index (κ1) is 20.6. The van der Waals surface area contributed by atoms with Crippen molar-refractivity contribution in [2.24, 2.45) is 0 Å². The number of amides is 2. The number of benzene rings is 1. The first-order chi connectivity index (χ1) is 13.1. The van der Waals surface area contributed by atoms with Gasteiger partial charge in [0.15, 0.2) is 0 Å². The summed E-state index contributed by atoms with van der Waals surface area (Å²) >= 11 is 0. The first-order valence-electron chi connectivity index (χ1n) is 9.25. The number of hydrogen-bond donors (Lipinski definition) is 2. The lowest BCUT2D eigenvalue weighted by Crippen LogP contribution is -2.26. The van der Waals surface area contributed by atoms with Gasteiger partial charge in [-0.1, -0.05) is 32.0 Å². The van der Waals surface area contributed by atoms with Crippen molar-refractivity contribution in [1.29, 1.82) is 0 Å². The Kier molecular flexibility index (Phi) is 7.95. The highest BCUT2D eigenvalue weighted by Gasteiger charge is 2.14. The van der Waals surface area contributed by atoms with Gasteiger partial charge in [0.25, 0.3) is 11.8 Å². The molecule has 2 amide bonds. The number of para-hydroxylation sites is 1. The topological polar surface area (TPSA) is 80.3 Å². The minimum atomic E-state index is -0.271. The number of hydrogen-bond acceptors (Lipinski definition) is 4.